The largest absolute Gasteiger partial charge is 0.475 e. The van der Waals surface area contributed by atoms with Crippen molar-refractivity contribution in [2.45, 2.75) is 32.7 Å². The van der Waals surface area contributed by atoms with Crippen LogP contribution in [0.4, 0.5) is 0 Å². The molecule has 2 atom stereocenters. The fourth-order valence-corrected chi connectivity index (χ4v) is 2.70. The van der Waals surface area contributed by atoms with Crippen LogP contribution in [0.2, 0.25) is 0 Å². The summed E-state index contributed by atoms with van der Waals surface area (Å²) in [6.45, 7) is 5.30. The molecule has 98 valence electrons. The Morgan fingerprint density at radius 2 is 1.74 bits per heavy atom. The fourth-order valence-electron chi connectivity index (χ4n) is 2.70. The maximum absolute atomic E-state index is 6.01. The fraction of sp³-hybridized carbons (Fsp3) is 0.294. The number of hydrogen-bond donors (Lipinski definition) is 0. The first-order valence-corrected chi connectivity index (χ1v) is 6.81. The molecule has 2 unspecified atom stereocenters. The molecule has 2 aromatic rings. The molecule has 2 heteroatoms. The third-order valence-electron chi connectivity index (χ3n) is 3.87. The Balaban J connectivity index is 1.87. The van der Waals surface area contributed by atoms with Gasteiger partial charge in [-0.25, -0.2) is 0 Å². The third-order valence-corrected chi connectivity index (χ3v) is 3.87. The summed E-state index contributed by atoms with van der Waals surface area (Å²) in [6, 6.07) is 19.2. The van der Waals surface area contributed by atoms with Crippen molar-refractivity contribution in [3.05, 3.63) is 65.7 Å². The highest BCUT2D eigenvalue weighted by molar-refractivity contribution is 5.35. The number of rotatable bonds is 2. The highest BCUT2D eigenvalue weighted by Gasteiger charge is 2.28. The minimum atomic E-state index is 0.102. The molecule has 3 rings (SSSR count). The molecule has 0 saturated heterocycles. The molecule has 1 aliphatic rings. The van der Waals surface area contributed by atoms with Crippen LogP contribution in [0, 0.1) is 0 Å². The summed E-state index contributed by atoms with van der Waals surface area (Å²) in [5.74, 6) is 1.02. The SMILES string of the molecule is CC1Oc2ccccc2CN1C(C)c1ccccc1. The maximum atomic E-state index is 6.01. The summed E-state index contributed by atoms with van der Waals surface area (Å²) in [5.41, 5.74) is 2.60. The van der Waals surface area contributed by atoms with Gasteiger partial charge in [-0.15, -0.1) is 0 Å². The minimum Gasteiger partial charge on any atom is -0.475 e. The number of nitrogens with zero attached hydrogens (tertiary/aromatic N) is 1. The Kier molecular flexibility index (Phi) is 3.26. The molecule has 0 bridgehead atoms. The van der Waals surface area contributed by atoms with Crippen molar-refractivity contribution < 1.29 is 4.74 Å². The van der Waals surface area contributed by atoms with E-state index in [-0.39, 0.29) is 6.23 Å². The van der Waals surface area contributed by atoms with Gasteiger partial charge in [-0.3, -0.25) is 4.90 Å². The summed E-state index contributed by atoms with van der Waals surface area (Å²) in [4.78, 5) is 2.39. The van der Waals surface area contributed by atoms with Gasteiger partial charge in [0, 0.05) is 18.2 Å². The predicted octanol–water partition coefficient (Wildman–Crippen LogP) is 3.99. The lowest BCUT2D eigenvalue weighted by Crippen LogP contribution is -2.41. The van der Waals surface area contributed by atoms with E-state index in [2.05, 4.69) is 67.3 Å². The third kappa shape index (κ3) is 2.36. The molecule has 2 aromatic carbocycles. The molecule has 1 heterocycles. The maximum Gasteiger partial charge on any atom is 0.150 e. The summed E-state index contributed by atoms with van der Waals surface area (Å²) in [6.07, 6.45) is 0.102. The lowest BCUT2D eigenvalue weighted by molar-refractivity contribution is -0.0141. The van der Waals surface area contributed by atoms with Gasteiger partial charge in [0.1, 0.15) is 5.75 Å². The van der Waals surface area contributed by atoms with Crippen molar-refractivity contribution in [2.24, 2.45) is 0 Å². The zero-order valence-corrected chi connectivity index (χ0v) is 11.4. The number of para-hydroxylation sites is 1. The summed E-state index contributed by atoms with van der Waals surface area (Å²) in [5, 5.41) is 0. The number of hydrogen-bond acceptors (Lipinski definition) is 2. The zero-order valence-electron chi connectivity index (χ0n) is 11.4. The molecule has 0 saturated carbocycles. The second kappa shape index (κ2) is 5.06. The number of benzene rings is 2. The van der Waals surface area contributed by atoms with Gasteiger partial charge in [0.15, 0.2) is 6.23 Å². The van der Waals surface area contributed by atoms with E-state index in [0.717, 1.165) is 12.3 Å². The average Bonchev–Trinajstić information content (AvgIpc) is 2.47. The Morgan fingerprint density at radius 1 is 1.05 bits per heavy atom. The highest BCUT2D eigenvalue weighted by atomic mass is 16.5. The first kappa shape index (κ1) is 12.2. The van der Waals surface area contributed by atoms with E-state index in [4.69, 9.17) is 4.74 Å². The van der Waals surface area contributed by atoms with E-state index in [0.29, 0.717) is 6.04 Å². The van der Waals surface area contributed by atoms with Crippen molar-refractivity contribution in [1.82, 2.24) is 4.90 Å². The molecule has 2 nitrogen and oxygen atoms in total. The van der Waals surface area contributed by atoms with E-state index < -0.39 is 0 Å². The van der Waals surface area contributed by atoms with Crippen LogP contribution in [-0.2, 0) is 6.54 Å². The Hall–Kier alpha value is -1.80. The van der Waals surface area contributed by atoms with Gasteiger partial charge in [-0.2, -0.15) is 0 Å². The van der Waals surface area contributed by atoms with Crippen molar-refractivity contribution in [3.63, 3.8) is 0 Å². The lowest BCUT2D eigenvalue weighted by Gasteiger charge is -2.39. The summed E-state index contributed by atoms with van der Waals surface area (Å²) >= 11 is 0. The van der Waals surface area contributed by atoms with Crippen LogP contribution in [0.15, 0.2) is 54.6 Å². The van der Waals surface area contributed by atoms with Crippen molar-refractivity contribution in [3.8, 4) is 5.75 Å². The van der Waals surface area contributed by atoms with Gasteiger partial charge in [-0.1, -0.05) is 48.5 Å². The van der Waals surface area contributed by atoms with E-state index in [1.807, 2.05) is 6.07 Å². The van der Waals surface area contributed by atoms with Gasteiger partial charge in [0.05, 0.1) is 0 Å². The van der Waals surface area contributed by atoms with E-state index in [9.17, 15) is 0 Å². The molecule has 1 aliphatic heterocycles. The summed E-state index contributed by atoms with van der Waals surface area (Å²) in [7, 11) is 0. The van der Waals surface area contributed by atoms with Crippen molar-refractivity contribution >= 4 is 0 Å². The Labute approximate surface area is 114 Å². The van der Waals surface area contributed by atoms with Gasteiger partial charge < -0.3 is 4.74 Å². The van der Waals surface area contributed by atoms with E-state index in [1.54, 1.807) is 0 Å². The van der Waals surface area contributed by atoms with Gasteiger partial charge in [0.25, 0.3) is 0 Å². The van der Waals surface area contributed by atoms with Crippen LogP contribution < -0.4 is 4.74 Å². The van der Waals surface area contributed by atoms with E-state index in [1.165, 1.54) is 11.1 Å². The molecule has 0 N–H and O–H groups in total. The number of fused-ring (bicyclic) bond motifs is 1. The lowest BCUT2D eigenvalue weighted by atomic mass is 10.0. The highest BCUT2D eigenvalue weighted by Crippen LogP contribution is 2.33. The second-order valence-electron chi connectivity index (χ2n) is 5.08. The molecule has 0 amide bonds. The first-order chi connectivity index (χ1) is 9.25. The van der Waals surface area contributed by atoms with Gasteiger partial charge in [0.2, 0.25) is 0 Å². The van der Waals surface area contributed by atoms with Crippen LogP contribution >= 0.6 is 0 Å². The molecule has 0 radical (unpaired) electrons. The molecule has 0 aromatic heterocycles. The van der Waals surface area contributed by atoms with Crippen LogP contribution in [0.25, 0.3) is 0 Å². The van der Waals surface area contributed by atoms with Crippen LogP contribution in [0.5, 0.6) is 5.75 Å². The molecular weight excluding hydrogens is 234 g/mol. The van der Waals surface area contributed by atoms with Gasteiger partial charge >= 0.3 is 0 Å². The number of ether oxygens (including phenoxy) is 1. The molecule has 0 spiro atoms. The van der Waals surface area contributed by atoms with Crippen LogP contribution in [-0.4, -0.2) is 11.1 Å². The van der Waals surface area contributed by atoms with Crippen molar-refractivity contribution in [2.75, 3.05) is 0 Å². The Bertz CT molecular complexity index is 552. The minimum absolute atomic E-state index is 0.102. The van der Waals surface area contributed by atoms with Crippen LogP contribution in [0.3, 0.4) is 0 Å². The quantitative estimate of drug-likeness (QED) is 0.802. The molecule has 0 fully saturated rings. The average molecular weight is 253 g/mol. The summed E-state index contributed by atoms with van der Waals surface area (Å²) < 4.78 is 6.01. The van der Waals surface area contributed by atoms with Crippen molar-refractivity contribution in [1.29, 1.82) is 0 Å². The normalized spacial score (nSPS) is 20.4. The van der Waals surface area contributed by atoms with E-state index >= 15 is 0 Å². The standard InChI is InChI=1S/C17H19NO/c1-13(15-8-4-3-5-9-15)18-12-16-10-6-7-11-17(16)19-14(18)2/h3-11,13-14H,12H2,1-2H3. The molecular formula is C17H19NO. The first-order valence-electron chi connectivity index (χ1n) is 6.81. The van der Waals surface area contributed by atoms with Gasteiger partial charge in [-0.05, 0) is 25.5 Å². The Morgan fingerprint density at radius 3 is 2.53 bits per heavy atom. The second-order valence-corrected chi connectivity index (χ2v) is 5.08. The van der Waals surface area contributed by atoms with Crippen LogP contribution in [0.1, 0.15) is 31.0 Å². The topological polar surface area (TPSA) is 12.5 Å². The smallest absolute Gasteiger partial charge is 0.150 e. The molecule has 0 aliphatic carbocycles. The monoisotopic (exact) mass is 253 g/mol. The predicted molar refractivity (Wildman–Crippen MR) is 76.9 cm³/mol. The zero-order chi connectivity index (χ0) is 13.2. The molecule has 19 heavy (non-hydrogen) atoms.